The van der Waals surface area contributed by atoms with E-state index in [0.717, 1.165) is 18.8 Å². The molecule has 0 aromatic rings. The van der Waals surface area contributed by atoms with E-state index in [0.29, 0.717) is 0 Å². The molecule has 0 aromatic heterocycles. The van der Waals surface area contributed by atoms with E-state index < -0.39 is 6.49 Å². The molecule has 0 spiro atoms. The minimum absolute atomic E-state index is 0.886. The molecule has 0 aliphatic carbocycles. The smallest absolute Gasteiger partial charge is 0.200 e. The van der Waals surface area contributed by atoms with E-state index in [2.05, 4.69) is 13.8 Å². The third kappa shape index (κ3) is 3.64. The third-order valence-electron chi connectivity index (χ3n) is 1.61. The normalized spacial score (nSPS) is 16.8. The molecule has 1 unspecified atom stereocenters. The molecule has 1 atom stereocenters. The Labute approximate surface area is 73.9 Å². The largest absolute Gasteiger partial charge is 0.295 e. The van der Waals surface area contributed by atoms with Crippen LogP contribution in [-0.4, -0.2) is 30.2 Å². The van der Waals surface area contributed by atoms with Crippen LogP contribution in [0.3, 0.4) is 0 Å². The van der Waals surface area contributed by atoms with Crippen LogP contribution in [0.5, 0.6) is 0 Å². The number of hydrogen-bond acceptors (Lipinski definition) is 2. The standard InChI is InChI=1S/C7H18NOPS/c1-5-8(6-2)10(4,9)11-7-3/h5-7H2,1-4H3. The highest BCUT2D eigenvalue weighted by Gasteiger charge is 2.21. The highest BCUT2D eigenvalue weighted by atomic mass is 32.7. The van der Waals surface area contributed by atoms with Gasteiger partial charge in [0.15, 0.2) is 6.49 Å². The van der Waals surface area contributed by atoms with Crippen molar-refractivity contribution in [3.8, 4) is 0 Å². The van der Waals surface area contributed by atoms with Crippen LogP contribution in [0.4, 0.5) is 0 Å². The van der Waals surface area contributed by atoms with Crippen LogP contribution in [0.25, 0.3) is 0 Å². The average molecular weight is 195 g/mol. The molecule has 0 aliphatic heterocycles. The van der Waals surface area contributed by atoms with Gasteiger partial charge in [0.2, 0.25) is 0 Å². The zero-order valence-corrected chi connectivity index (χ0v) is 9.54. The molecular weight excluding hydrogens is 177 g/mol. The maximum absolute atomic E-state index is 11.9. The van der Waals surface area contributed by atoms with Gasteiger partial charge in [-0.15, -0.1) is 0 Å². The molecule has 0 fully saturated rings. The molecule has 0 radical (unpaired) electrons. The fraction of sp³-hybridized carbons (Fsp3) is 1.00. The van der Waals surface area contributed by atoms with E-state index in [1.165, 1.54) is 0 Å². The first-order chi connectivity index (χ1) is 5.08. The molecule has 0 aromatic carbocycles. The summed E-state index contributed by atoms with van der Waals surface area (Å²) in [6.07, 6.45) is 0. The van der Waals surface area contributed by atoms with Gasteiger partial charge in [0.05, 0.1) is 0 Å². The average Bonchev–Trinajstić information content (AvgIpc) is 1.89. The van der Waals surface area contributed by atoms with Gasteiger partial charge in [0, 0.05) is 19.8 Å². The number of nitrogens with zero attached hydrogens (tertiary/aromatic N) is 1. The predicted octanol–water partition coefficient (Wildman–Crippen LogP) is 2.90. The minimum Gasteiger partial charge on any atom is -0.295 e. The van der Waals surface area contributed by atoms with Gasteiger partial charge in [-0.1, -0.05) is 32.2 Å². The van der Waals surface area contributed by atoms with Gasteiger partial charge in [0.25, 0.3) is 0 Å². The summed E-state index contributed by atoms with van der Waals surface area (Å²) in [6.45, 7) is 7.72. The summed E-state index contributed by atoms with van der Waals surface area (Å²) in [7, 11) is 0. The molecule has 0 bridgehead atoms. The van der Waals surface area contributed by atoms with Crippen molar-refractivity contribution in [3.05, 3.63) is 0 Å². The topological polar surface area (TPSA) is 20.3 Å². The molecule has 0 aliphatic rings. The van der Waals surface area contributed by atoms with Gasteiger partial charge in [-0.2, -0.15) is 0 Å². The highest BCUT2D eigenvalue weighted by Crippen LogP contribution is 2.57. The summed E-state index contributed by atoms with van der Waals surface area (Å²) in [5.41, 5.74) is 0. The lowest BCUT2D eigenvalue weighted by atomic mass is 10.7. The summed E-state index contributed by atoms with van der Waals surface area (Å²) in [5, 5.41) is 0. The molecule has 0 rings (SSSR count). The molecule has 4 heteroatoms. The van der Waals surface area contributed by atoms with Crippen molar-refractivity contribution in [2.45, 2.75) is 20.8 Å². The van der Waals surface area contributed by atoms with Gasteiger partial charge in [-0.25, -0.2) is 4.67 Å². The molecule has 68 valence electrons. The van der Waals surface area contributed by atoms with E-state index in [1.54, 1.807) is 11.4 Å². The second-order valence-corrected chi connectivity index (χ2v) is 8.17. The zero-order valence-electron chi connectivity index (χ0n) is 7.83. The monoisotopic (exact) mass is 195 g/mol. The molecule has 0 saturated carbocycles. The lowest BCUT2D eigenvalue weighted by molar-refractivity contribution is 0.460. The molecule has 0 saturated heterocycles. The van der Waals surface area contributed by atoms with E-state index >= 15 is 0 Å². The molecule has 0 amide bonds. The summed E-state index contributed by atoms with van der Waals surface area (Å²) < 4.78 is 13.9. The van der Waals surface area contributed by atoms with Gasteiger partial charge < -0.3 is 0 Å². The Morgan fingerprint density at radius 2 is 1.73 bits per heavy atom. The Kier molecular flexibility index (Phi) is 5.49. The van der Waals surface area contributed by atoms with Crippen molar-refractivity contribution in [2.24, 2.45) is 0 Å². The number of rotatable bonds is 5. The molecule has 0 heterocycles. The van der Waals surface area contributed by atoms with Gasteiger partial charge in [-0.3, -0.25) is 4.57 Å². The van der Waals surface area contributed by atoms with Crippen LogP contribution in [0, 0.1) is 0 Å². The van der Waals surface area contributed by atoms with Gasteiger partial charge >= 0.3 is 0 Å². The second-order valence-electron chi connectivity index (χ2n) is 2.36. The van der Waals surface area contributed by atoms with Crippen molar-refractivity contribution in [3.63, 3.8) is 0 Å². The Bertz CT molecular complexity index is 147. The van der Waals surface area contributed by atoms with Gasteiger partial charge in [-0.05, 0) is 5.75 Å². The van der Waals surface area contributed by atoms with Crippen molar-refractivity contribution in [2.75, 3.05) is 25.5 Å². The van der Waals surface area contributed by atoms with E-state index in [-0.39, 0.29) is 0 Å². The first-order valence-electron chi connectivity index (χ1n) is 4.05. The lowest BCUT2D eigenvalue weighted by Gasteiger charge is -2.25. The minimum atomic E-state index is -2.05. The van der Waals surface area contributed by atoms with Crippen molar-refractivity contribution >= 4 is 17.9 Å². The van der Waals surface area contributed by atoms with Crippen molar-refractivity contribution < 1.29 is 4.57 Å². The quantitative estimate of drug-likeness (QED) is 0.629. The fourth-order valence-corrected chi connectivity index (χ4v) is 5.35. The first kappa shape index (κ1) is 11.5. The first-order valence-corrected chi connectivity index (χ1v) is 7.75. The SMILES string of the molecule is CCSP(C)(=O)N(CC)CC. The van der Waals surface area contributed by atoms with Crippen molar-refractivity contribution in [1.29, 1.82) is 0 Å². The number of hydrogen-bond donors (Lipinski definition) is 0. The zero-order chi connectivity index (χ0) is 8.91. The third-order valence-corrected chi connectivity index (χ3v) is 6.85. The summed E-state index contributed by atoms with van der Waals surface area (Å²) in [4.78, 5) is 0. The molecule has 0 N–H and O–H groups in total. The second kappa shape index (κ2) is 5.23. The maximum atomic E-state index is 11.9. The molecular formula is C7H18NOPS. The van der Waals surface area contributed by atoms with E-state index in [9.17, 15) is 4.57 Å². The predicted molar refractivity (Wildman–Crippen MR) is 54.6 cm³/mol. The molecule has 11 heavy (non-hydrogen) atoms. The Morgan fingerprint density at radius 3 is 2.00 bits per heavy atom. The van der Waals surface area contributed by atoms with Crippen LogP contribution in [0.15, 0.2) is 0 Å². The van der Waals surface area contributed by atoms with E-state index in [1.807, 2.05) is 18.3 Å². The van der Waals surface area contributed by atoms with Crippen LogP contribution in [-0.2, 0) is 4.57 Å². The van der Waals surface area contributed by atoms with Gasteiger partial charge in [0.1, 0.15) is 0 Å². The Morgan fingerprint density at radius 1 is 1.27 bits per heavy atom. The lowest BCUT2D eigenvalue weighted by Crippen LogP contribution is -2.17. The van der Waals surface area contributed by atoms with Crippen LogP contribution >= 0.6 is 17.9 Å². The highest BCUT2D eigenvalue weighted by molar-refractivity contribution is 8.57. The fourth-order valence-electron chi connectivity index (χ4n) is 1.06. The van der Waals surface area contributed by atoms with E-state index in [4.69, 9.17) is 0 Å². The Balaban J connectivity index is 4.13. The summed E-state index contributed by atoms with van der Waals surface area (Å²) in [5.74, 6) is 0.935. The van der Waals surface area contributed by atoms with Crippen LogP contribution in [0.2, 0.25) is 0 Å². The van der Waals surface area contributed by atoms with Crippen molar-refractivity contribution in [1.82, 2.24) is 4.67 Å². The van der Waals surface area contributed by atoms with Crippen LogP contribution < -0.4 is 0 Å². The molecule has 2 nitrogen and oxygen atoms in total. The maximum Gasteiger partial charge on any atom is 0.200 e. The summed E-state index contributed by atoms with van der Waals surface area (Å²) >= 11 is 1.57. The Hall–Kier alpha value is 0.540. The van der Waals surface area contributed by atoms with Crippen LogP contribution in [0.1, 0.15) is 20.8 Å². The summed E-state index contributed by atoms with van der Waals surface area (Å²) in [6, 6.07) is 0.